The van der Waals surface area contributed by atoms with Gasteiger partial charge in [0.1, 0.15) is 6.04 Å². The molecule has 0 saturated carbocycles. The van der Waals surface area contributed by atoms with Gasteiger partial charge in [-0.1, -0.05) is 0 Å². The lowest BCUT2D eigenvalue weighted by molar-refractivity contribution is -0.129. The summed E-state index contributed by atoms with van der Waals surface area (Å²) in [6, 6.07) is 1.78. The molecule has 3 heterocycles. The molecule has 1 atom stereocenters. The quantitative estimate of drug-likeness (QED) is 0.872. The number of fused-ring (bicyclic) bond motifs is 1. The number of rotatable bonds is 3. The molecule has 1 saturated heterocycles. The Kier molecular flexibility index (Phi) is 4.55. The second-order valence-corrected chi connectivity index (χ2v) is 6.74. The maximum Gasteiger partial charge on any atom is 0.242 e. The Morgan fingerprint density at radius 3 is 3.29 bits per heavy atom. The average molecular weight is 307 g/mol. The summed E-state index contributed by atoms with van der Waals surface area (Å²) in [7, 11) is 0. The standard InChI is InChI=1S/C15H21N3O2S/c19-14(17-12-3-1-2-6-16-15(12)20)10-18-7-4-13-11(9-18)5-8-21-13/h5,8,12H,1-4,6-7,9-10H2,(H,16,20)(H,17,19)/t12-/m1/s1. The first-order valence-corrected chi connectivity index (χ1v) is 8.45. The molecule has 1 aromatic heterocycles. The fourth-order valence-electron chi connectivity index (χ4n) is 2.96. The molecule has 0 radical (unpaired) electrons. The zero-order chi connectivity index (χ0) is 14.7. The van der Waals surface area contributed by atoms with E-state index in [0.29, 0.717) is 6.54 Å². The molecule has 2 N–H and O–H groups in total. The fraction of sp³-hybridized carbons (Fsp3) is 0.600. The molecule has 1 fully saturated rings. The van der Waals surface area contributed by atoms with E-state index in [1.807, 2.05) is 0 Å². The third-order valence-electron chi connectivity index (χ3n) is 4.12. The SMILES string of the molecule is O=C(CN1CCc2sccc2C1)N[C@@H]1CCCCNC1=O. The Hall–Kier alpha value is -1.40. The molecular formula is C15H21N3O2S. The summed E-state index contributed by atoms with van der Waals surface area (Å²) in [5, 5.41) is 7.85. The van der Waals surface area contributed by atoms with Gasteiger partial charge in [-0.15, -0.1) is 11.3 Å². The highest BCUT2D eigenvalue weighted by Crippen LogP contribution is 2.23. The molecule has 0 aromatic carbocycles. The lowest BCUT2D eigenvalue weighted by Gasteiger charge is -2.26. The molecule has 6 heteroatoms. The van der Waals surface area contributed by atoms with Gasteiger partial charge in [0.25, 0.3) is 0 Å². The van der Waals surface area contributed by atoms with Crippen molar-refractivity contribution in [2.24, 2.45) is 0 Å². The van der Waals surface area contributed by atoms with Gasteiger partial charge in [0.05, 0.1) is 6.54 Å². The van der Waals surface area contributed by atoms with Crippen molar-refractivity contribution in [2.75, 3.05) is 19.6 Å². The molecule has 2 aliphatic heterocycles. The Bertz CT molecular complexity index is 529. The van der Waals surface area contributed by atoms with Crippen LogP contribution in [0.2, 0.25) is 0 Å². The van der Waals surface area contributed by atoms with Crippen LogP contribution in [0.25, 0.3) is 0 Å². The van der Waals surface area contributed by atoms with Crippen LogP contribution >= 0.6 is 11.3 Å². The Morgan fingerprint density at radius 1 is 1.48 bits per heavy atom. The van der Waals surface area contributed by atoms with E-state index in [2.05, 4.69) is 27.0 Å². The van der Waals surface area contributed by atoms with Gasteiger partial charge in [-0.05, 0) is 42.7 Å². The molecule has 0 unspecified atom stereocenters. The van der Waals surface area contributed by atoms with E-state index in [9.17, 15) is 9.59 Å². The molecule has 5 nitrogen and oxygen atoms in total. The molecule has 114 valence electrons. The van der Waals surface area contributed by atoms with Gasteiger partial charge < -0.3 is 10.6 Å². The van der Waals surface area contributed by atoms with Crippen molar-refractivity contribution in [3.8, 4) is 0 Å². The van der Waals surface area contributed by atoms with Crippen LogP contribution < -0.4 is 10.6 Å². The van der Waals surface area contributed by atoms with Crippen molar-refractivity contribution in [1.29, 1.82) is 0 Å². The lowest BCUT2D eigenvalue weighted by Crippen LogP contribution is -2.49. The van der Waals surface area contributed by atoms with Gasteiger partial charge in [-0.2, -0.15) is 0 Å². The number of carbonyl (C=O) groups excluding carboxylic acids is 2. The first kappa shape index (κ1) is 14.5. The lowest BCUT2D eigenvalue weighted by atomic mass is 10.1. The predicted molar refractivity (Wildman–Crippen MR) is 82.1 cm³/mol. The maximum atomic E-state index is 12.2. The van der Waals surface area contributed by atoms with Crippen molar-refractivity contribution in [2.45, 2.75) is 38.3 Å². The van der Waals surface area contributed by atoms with Crippen LogP contribution in [0.15, 0.2) is 11.4 Å². The number of nitrogens with zero attached hydrogens (tertiary/aromatic N) is 1. The zero-order valence-electron chi connectivity index (χ0n) is 12.1. The molecular weight excluding hydrogens is 286 g/mol. The third kappa shape index (κ3) is 3.63. The number of hydrogen-bond donors (Lipinski definition) is 2. The van der Waals surface area contributed by atoms with E-state index in [0.717, 1.165) is 45.3 Å². The van der Waals surface area contributed by atoms with Gasteiger partial charge in [0.15, 0.2) is 0 Å². The predicted octanol–water partition coefficient (Wildman–Crippen LogP) is 0.891. The van der Waals surface area contributed by atoms with Crippen LogP contribution in [0.5, 0.6) is 0 Å². The molecule has 1 aromatic rings. The van der Waals surface area contributed by atoms with Crippen LogP contribution in [-0.4, -0.2) is 42.4 Å². The minimum atomic E-state index is -0.360. The molecule has 21 heavy (non-hydrogen) atoms. The Balaban J connectivity index is 1.51. The Morgan fingerprint density at radius 2 is 2.38 bits per heavy atom. The second-order valence-electron chi connectivity index (χ2n) is 5.74. The van der Waals surface area contributed by atoms with Crippen LogP contribution in [0.1, 0.15) is 29.7 Å². The summed E-state index contributed by atoms with van der Waals surface area (Å²) in [5.74, 6) is -0.0876. The summed E-state index contributed by atoms with van der Waals surface area (Å²) in [5.41, 5.74) is 1.34. The van der Waals surface area contributed by atoms with Crippen LogP contribution in [0, 0.1) is 0 Å². The highest BCUT2D eigenvalue weighted by Gasteiger charge is 2.24. The zero-order valence-corrected chi connectivity index (χ0v) is 12.9. The van der Waals surface area contributed by atoms with Crippen molar-refractivity contribution >= 4 is 23.2 Å². The van der Waals surface area contributed by atoms with E-state index in [1.54, 1.807) is 11.3 Å². The molecule has 0 bridgehead atoms. The van der Waals surface area contributed by atoms with Gasteiger partial charge in [-0.25, -0.2) is 0 Å². The normalized spacial score (nSPS) is 23.0. The molecule has 3 rings (SSSR count). The summed E-state index contributed by atoms with van der Waals surface area (Å²) in [4.78, 5) is 27.6. The number of amides is 2. The summed E-state index contributed by atoms with van der Waals surface area (Å²) >= 11 is 1.80. The van der Waals surface area contributed by atoms with Crippen molar-refractivity contribution in [3.05, 3.63) is 21.9 Å². The monoisotopic (exact) mass is 307 g/mol. The van der Waals surface area contributed by atoms with E-state index >= 15 is 0 Å². The third-order valence-corrected chi connectivity index (χ3v) is 5.15. The fourth-order valence-corrected chi connectivity index (χ4v) is 3.85. The number of nitrogens with one attached hydrogen (secondary N) is 2. The van der Waals surface area contributed by atoms with E-state index in [4.69, 9.17) is 0 Å². The number of carbonyl (C=O) groups is 2. The number of hydrogen-bond acceptors (Lipinski definition) is 4. The molecule has 2 amide bonds. The summed E-state index contributed by atoms with van der Waals surface area (Å²) in [6.45, 7) is 2.85. The minimum absolute atomic E-state index is 0.0420. The first-order chi connectivity index (χ1) is 10.2. The van der Waals surface area contributed by atoms with Gasteiger partial charge in [0.2, 0.25) is 11.8 Å². The van der Waals surface area contributed by atoms with Crippen molar-refractivity contribution in [1.82, 2.24) is 15.5 Å². The van der Waals surface area contributed by atoms with Gasteiger partial charge in [-0.3, -0.25) is 14.5 Å². The Labute approximate surface area is 128 Å². The second kappa shape index (κ2) is 6.58. The summed E-state index contributed by atoms with van der Waals surface area (Å²) < 4.78 is 0. The number of thiophene rings is 1. The topological polar surface area (TPSA) is 61.4 Å². The minimum Gasteiger partial charge on any atom is -0.354 e. The van der Waals surface area contributed by atoms with Crippen molar-refractivity contribution in [3.63, 3.8) is 0 Å². The largest absolute Gasteiger partial charge is 0.354 e. The summed E-state index contributed by atoms with van der Waals surface area (Å²) in [6.07, 6.45) is 3.73. The van der Waals surface area contributed by atoms with Crippen molar-refractivity contribution < 1.29 is 9.59 Å². The van der Waals surface area contributed by atoms with Crippen LogP contribution in [0.3, 0.4) is 0 Å². The smallest absolute Gasteiger partial charge is 0.242 e. The van der Waals surface area contributed by atoms with Gasteiger partial charge in [0, 0.05) is 24.5 Å². The highest BCUT2D eigenvalue weighted by molar-refractivity contribution is 7.10. The molecule has 0 spiro atoms. The van der Waals surface area contributed by atoms with E-state index in [1.165, 1.54) is 10.4 Å². The first-order valence-electron chi connectivity index (χ1n) is 7.57. The van der Waals surface area contributed by atoms with Gasteiger partial charge >= 0.3 is 0 Å². The van der Waals surface area contributed by atoms with E-state index in [-0.39, 0.29) is 17.9 Å². The molecule has 0 aliphatic carbocycles. The maximum absolute atomic E-state index is 12.2. The van der Waals surface area contributed by atoms with Crippen LogP contribution in [-0.2, 0) is 22.6 Å². The van der Waals surface area contributed by atoms with Crippen LogP contribution in [0.4, 0.5) is 0 Å². The highest BCUT2D eigenvalue weighted by atomic mass is 32.1. The van der Waals surface area contributed by atoms with E-state index < -0.39 is 0 Å². The molecule has 2 aliphatic rings. The average Bonchev–Trinajstić information content (AvgIpc) is 2.84.